The van der Waals surface area contributed by atoms with E-state index in [4.69, 9.17) is 0 Å². The molecule has 15 heavy (non-hydrogen) atoms. The zero-order valence-electron chi connectivity index (χ0n) is 8.84. The van der Waals surface area contributed by atoms with Gasteiger partial charge in [0.2, 0.25) is 0 Å². The number of benzene rings is 2. The molecule has 0 saturated heterocycles. The molecule has 0 bridgehead atoms. The summed E-state index contributed by atoms with van der Waals surface area (Å²) in [7, 11) is 0. The van der Waals surface area contributed by atoms with Crippen LogP contribution in [0, 0.1) is 19.9 Å². The molecule has 2 rings (SSSR count). The van der Waals surface area contributed by atoms with Crippen molar-refractivity contribution in [2.45, 2.75) is 13.8 Å². The largest absolute Gasteiger partial charge is 0.0582 e. The van der Waals surface area contributed by atoms with E-state index >= 15 is 0 Å². The van der Waals surface area contributed by atoms with Gasteiger partial charge in [0.25, 0.3) is 0 Å². The first kappa shape index (κ1) is 10.4. The molecule has 0 amide bonds. The van der Waals surface area contributed by atoms with Gasteiger partial charge in [0, 0.05) is 4.47 Å². The number of halogens is 1. The second-order valence-electron chi connectivity index (χ2n) is 3.74. The Hall–Kier alpha value is -1.08. The average Bonchev–Trinajstić information content (AvgIpc) is 2.22. The Morgan fingerprint density at radius 2 is 1.87 bits per heavy atom. The van der Waals surface area contributed by atoms with Crippen molar-refractivity contribution in [3.63, 3.8) is 0 Å². The van der Waals surface area contributed by atoms with E-state index in [1.807, 2.05) is 6.07 Å². The van der Waals surface area contributed by atoms with Crippen molar-refractivity contribution in [1.82, 2.24) is 0 Å². The second kappa shape index (κ2) is 4.19. The molecule has 1 heteroatoms. The topological polar surface area (TPSA) is 0 Å². The highest BCUT2D eigenvalue weighted by molar-refractivity contribution is 9.10. The fraction of sp³-hybridized carbons (Fsp3) is 0.143. The van der Waals surface area contributed by atoms with Gasteiger partial charge in [-0.15, -0.1) is 0 Å². The molecule has 0 aliphatic rings. The van der Waals surface area contributed by atoms with Gasteiger partial charge in [-0.2, -0.15) is 0 Å². The Bertz CT molecular complexity index is 486. The smallest absolute Gasteiger partial charge is 0.0253 e. The standard InChI is InChI=1S/C14H12Br/c1-10-4-3-5-12(8-10)13-9-11(2)6-7-14(13)15/h3,5-9H,1-2H3. The molecule has 0 spiro atoms. The van der Waals surface area contributed by atoms with Crippen molar-refractivity contribution >= 4 is 15.9 Å². The third-order valence-corrected chi connectivity index (χ3v) is 3.07. The molecular weight excluding hydrogens is 248 g/mol. The minimum Gasteiger partial charge on any atom is -0.0582 e. The predicted octanol–water partition coefficient (Wildman–Crippen LogP) is 4.53. The first-order valence-corrected chi connectivity index (χ1v) is 5.71. The lowest BCUT2D eigenvalue weighted by Crippen LogP contribution is -1.83. The van der Waals surface area contributed by atoms with Gasteiger partial charge in [0.15, 0.2) is 0 Å². The molecule has 0 fully saturated rings. The minimum atomic E-state index is 1.14. The molecule has 2 aromatic rings. The van der Waals surface area contributed by atoms with Crippen LogP contribution in [0.1, 0.15) is 11.1 Å². The first-order chi connectivity index (χ1) is 7.16. The van der Waals surface area contributed by atoms with Crippen molar-refractivity contribution in [2.75, 3.05) is 0 Å². The quantitative estimate of drug-likeness (QED) is 0.706. The highest BCUT2D eigenvalue weighted by Crippen LogP contribution is 2.29. The molecule has 0 saturated carbocycles. The van der Waals surface area contributed by atoms with Crippen LogP contribution < -0.4 is 0 Å². The van der Waals surface area contributed by atoms with E-state index in [1.165, 1.54) is 22.3 Å². The lowest BCUT2D eigenvalue weighted by Gasteiger charge is -2.06. The van der Waals surface area contributed by atoms with Gasteiger partial charge in [0.05, 0.1) is 0 Å². The number of hydrogen-bond acceptors (Lipinski definition) is 0. The van der Waals surface area contributed by atoms with Gasteiger partial charge < -0.3 is 0 Å². The Balaban J connectivity index is 2.58. The Morgan fingerprint density at radius 3 is 2.60 bits per heavy atom. The SMILES string of the molecule is Cc1[c]ccc(-c2cc(C)ccc2Br)c1. The van der Waals surface area contributed by atoms with E-state index in [9.17, 15) is 0 Å². The van der Waals surface area contributed by atoms with Crippen molar-refractivity contribution < 1.29 is 0 Å². The number of hydrogen-bond donors (Lipinski definition) is 0. The van der Waals surface area contributed by atoms with Crippen molar-refractivity contribution in [2.24, 2.45) is 0 Å². The normalized spacial score (nSPS) is 10.3. The van der Waals surface area contributed by atoms with Crippen LogP contribution in [-0.2, 0) is 0 Å². The molecule has 0 aliphatic heterocycles. The Labute approximate surface area is 99.1 Å². The van der Waals surface area contributed by atoms with Gasteiger partial charge in [-0.05, 0) is 42.7 Å². The maximum absolute atomic E-state index is 3.58. The summed E-state index contributed by atoms with van der Waals surface area (Å²) >= 11 is 3.58. The van der Waals surface area contributed by atoms with E-state index in [0.29, 0.717) is 0 Å². The van der Waals surface area contributed by atoms with Crippen molar-refractivity contribution in [3.05, 3.63) is 58.1 Å². The summed E-state index contributed by atoms with van der Waals surface area (Å²) in [5.41, 5.74) is 4.92. The zero-order valence-corrected chi connectivity index (χ0v) is 10.4. The van der Waals surface area contributed by atoms with E-state index in [1.54, 1.807) is 0 Å². The van der Waals surface area contributed by atoms with Gasteiger partial charge in [0.1, 0.15) is 0 Å². The molecule has 0 nitrogen and oxygen atoms in total. The van der Waals surface area contributed by atoms with E-state index in [0.717, 1.165) is 4.47 Å². The summed E-state index contributed by atoms with van der Waals surface area (Å²) in [5, 5.41) is 0. The van der Waals surface area contributed by atoms with Crippen LogP contribution in [-0.4, -0.2) is 0 Å². The van der Waals surface area contributed by atoms with Gasteiger partial charge in [-0.25, -0.2) is 0 Å². The molecule has 0 unspecified atom stereocenters. The first-order valence-electron chi connectivity index (χ1n) is 4.92. The molecule has 75 valence electrons. The lowest BCUT2D eigenvalue weighted by molar-refractivity contribution is 1.42. The highest BCUT2D eigenvalue weighted by atomic mass is 79.9. The Kier molecular flexibility index (Phi) is 2.92. The monoisotopic (exact) mass is 259 g/mol. The molecule has 2 aromatic carbocycles. The highest BCUT2D eigenvalue weighted by Gasteiger charge is 2.03. The van der Waals surface area contributed by atoms with Crippen LogP contribution >= 0.6 is 15.9 Å². The van der Waals surface area contributed by atoms with Gasteiger partial charge in [-0.3, -0.25) is 0 Å². The Morgan fingerprint density at radius 1 is 1.07 bits per heavy atom. The molecule has 0 aliphatic carbocycles. The van der Waals surface area contributed by atoms with Crippen LogP contribution in [0.4, 0.5) is 0 Å². The maximum Gasteiger partial charge on any atom is 0.0253 e. The summed E-state index contributed by atoms with van der Waals surface area (Å²) < 4.78 is 1.14. The summed E-state index contributed by atoms with van der Waals surface area (Å²) in [4.78, 5) is 0. The van der Waals surface area contributed by atoms with E-state index in [2.05, 4.69) is 66.2 Å². The van der Waals surface area contributed by atoms with Gasteiger partial charge in [-0.1, -0.05) is 51.8 Å². The molecule has 0 heterocycles. The summed E-state index contributed by atoms with van der Waals surface area (Å²) in [6, 6.07) is 15.8. The molecule has 0 N–H and O–H groups in total. The van der Waals surface area contributed by atoms with E-state index < -0.39 is 0 Å². The van der Waals surface area contributed by atoms with Gasteiger partial charge >= 0.3 is 0 Å². The third-order valence-electron chi connectivity index (χ3n) is 2.38. The van der Waals surface area contributed by atoms with Crippen molar-refractivity contribution in [1.29, 1.82) is 0 Å². The van der Waals surface area contributed by atoms with Crippen LogP contribution in [0.25, 0.3) is 11.1 Å². The minimum absolute atomic E-state index is 1.14. The number of aryl methyl sites for hydroxylation is 2. The van der Waals surface area contributed by atoms with Crippen molar-refractivity contribution in [3.8, 4) is 11.1 Å². The zero-order chi connectivity index (χ0) is 10.8. The summed E-state index contributed by atoms with van der Waals surface area (Å²) in [5.74, 6) is 0. The summed E-state index contributed by atoms with van der Waals surface area (Å²) in [6.07, 6.45) is 0. The summed E-state index contributed by atoms with van der Waals surface area (Å²) in [6.45, 7) is 4.17. The average molecular weight is 260 g/mol. The van der Waals surface area contributed by atoms with Crippen LogP contribution in [0.15, 0.2) is 40.9 Å². The molecule has 0 aromatic heterocycles. The second-order valence-corrected chi connectivity index (χ2v) is 4.60. The number of rotatable bonds is 1. The fourth-order valence-corrected chi connectivity index (χ4v) is 2.09. The molecule has 0 atom stereocenters. The van der Waals surface area contributed by atoms with E-state index in [-0.39, 0.29) is 0 Å². The third kappa shape index (κ3) is 2.29. The van der Waals surface area contributed by atoms with Crippen LogP contribution in [0.3, 0.4) is 0 Å². The fourth-order valence-electron chi connectivity index (χ4n) is 1.61. The van der Waals surface area contributed by atoms with Crippen LogP contribution in [0.2, 0.25) is 0 Å². The molecule has 1 radical (unpaired) electrons. The predicted molar refractivity (Wildman–Crippen MR) is 67.9 cm³/mol. The lowest BCUT2D eigenvalue weighted by atomic mass is 10.0. The maximum atomic E-state index is 3.58. The van der Waals surface area contributed by atoms with Crippen LogP contribution in [0.5, 0.6) is 0 Å². The molecular formula is C14H12Br.